The van der Waals surface area contributed by atoms with Gasteiger partial charge in [-0.25, -0.2) is 4.39 Å². The maximum Gasteiger partial charge on any atom is 0.165 e. The maximum absolute atomic E-state index is 13.2. The number of halogens is 1. The second kappa shape index (κ2) is 5.16. The number of methoxy groups -OCH3 is 1. The van der Waals surface area contributed by atoms with Gasteiger partial charge < -0.3 is 14.8 Å². The summed E-state index contributed by atoms with van der Waals surface area (Å²) in [5, 5.41) is 3.26. The molecular formula is C12H16FNO2. The number of hydrogen-bond acceptors (Lipinski definition) is 3. The Morgan fingerprint density at radius 2 is 2.31 bits per heavy atom. The van der Waals surface area contributed by atoms with Gasteiger partial charge in [-0.3, -0.25) is 0 Å². The second-order valence-corrected chi connectivity index (χ2v) is 3.88. The molecule has 1 aromatic rings. The molecular weight excluding hydrogens is 209 g/mol. The fourth-order valence-corrected chi connectivity index (χ4v) is 1.83. The van der Waals surface area contributed by atoms with Gasteiger partial charge in [0.25, 0.3) is 0 Å². The number of ether oxygens (including phenoxy) is 2. The van der Waals surface area contributed by atoms with Crippen LogP contribution in [0.2, 0.25) is 0 Å². The average Bonchev–Trinajstić information content (AvgIpc) is 2.33. The van der Waals surface area contributed by atoms with Gasteiger partial charge in [0.15, 0.2) is 11.6 Å². The van der Waals surface area contributed by atoms with Crippen LogP contribution in [0, 0.1) is 5.82 Å². The lowest BCUT2D eigenvalue weighted by molar-refractivity contribution is 0.166. The first-order chi connectivity index (χ1) is 7.79. The minimum Gasteiger partial charge on any atom is -0.494 e. The van der Waals surface area contributed by atoms with Crippen LogP contribution in [-0.2, 0) is 0 Å². The summed E-state index contributed by atoms with van der Waals surface area (Å²) in [5.74, 6) is 0.518. The molecule has 1 unspecified atom stereocenters. The van der Waals surface area contributed by atoms with Gasteiger partial charge >= 0.3 is 0 Å². The van der Waals surface area contributed by atoms with Crippen LogP contribution in [0.15, 0.2) is 18.2 Å². The summed E-state index contributed by atoms with van der Waals surface area (Å²) < 4.78 is 23.8. The minimum atomic E-state index is -0.364. The Balaban J connectivity index is 2.03. The molecule has 1 saturated heterocycles. The molecule has 0 radical (unpaired) electrons. The largest absolute Gasteiger partial charge is 0.494 e. The highest BCUT2D eigenvalue weighted by Crippen LogP contribution is 2.24. The molecule has 0 spiro atoms. The first-order valence-electron chi connectivity index (χ1n) is 5.50. The van der Waals surface area contributed by atoms with Gasteiger partial charge in [-0.2, -0.15) is 0 Å². The van der Waals surface area contributed by atoms with Crippen LogP contribution >= 0.6 is 0 Å². The lowest BCUT2D eigenvalue weighted by Crippen LogP contribution is -2.37. The van der Waals surface area contributed by atoms with E-state index in [2.05, 4.69) is 5.32 Å². The van der Waals surface area contributed by atoms with E-state index in [1.807, 2.05) is 0 Å². The Labute approximate surface area is 94.6 Å². The van der Waals surface area contributed by atoms with Crippen molar-refractivity contribution >= 4 is 0 Å². The van der Waals surface area contributed by atoms with Crippen molar-refractivity contribution in [2.45, 2.75) is 18.9 Å². The Morgan fingerprint density at radius 1 is 1.44 bits per heavy atom. The number of hydrogen-bond donors (Lipinski definition) is 1. The van der Waals surface area contributed by atoms with Crippen LogP contribution in [0.1, 0.15) is 12.8 Å². The molecule has 4 heteroatoms. The molecule has 0 amide bonds. The molecule has 1 aromatic carbocycles. The zero-order valence-corrected chi connectivity index (χ0v) is 9.33. The first kappa shape index (κ1) is 11.2. The summed E-state index contributed by atoms with van der Waals surface area (Å²) in [7, 11) is 1.45. The molecule has 0 aromatic heterocycles. The molecule has 16 heavy (non-hydrogen) atoms. The molecule has 88 valence electrons. The SMILES string of the molecule is COc1cc(OC2CCCNC2)ccc1F. The van der Waals surface area contributed by atoms with Crippen LogP contribution in [0.5, 0.6) is 11.5 Å². The van der Waals surface area contributed by atoms with Gasteiger partial charge in [-0.15, -0.1) is 0 Å². The molecule has 1 atom stereocenters. The summed E-state index contributed by atoms with van der Waals surface area (Å²) in [4.78, 5) is 0. The third-order valence-corrected chi connectivity index (χ3v) is 2.68. The van der Waals surface area contributed by atoms with Crippen molar-refractivity contribution < 1.29 is 13.9 Å². The van der Waals surface area contributed by atoms with Gasteiger partial charge in [0.2, 0.25) is 0 Å². The third-order valence-electron chi connectivity index (χ3n) is 2.68. The number of rotatable bonds is 3. The van der Waals surface area contributed by atoms with Gasteiger partial charge in [-0.05, 0) is 31.5 Å². The molecule has 3 nitrogen and oxygen atoms in total. The van der Waals surface area contributed by atoms with Crippen molar-refractivity contribution in [2.24, 2.45) is 0 Å². The van der Waals surface area contributed by atoms with E-state index in [0.29, 0.717) is 5.75 Å². The zero-order chi connectivity index (χ0) is 11.4. The van der Waals surface area contributed by atoms with Gasteiger partial charge in [0, 0.05) is 12.6 Å². The predicted octanol–water partition coefficient (Wildman–Crippen LogP) is 1.97. The number of benzene rings is 1. The quantitative estimate of drug-likeness (QED) is 0.853. The maximum atomic E-state index is 13.2. The minimum absolute atomic E-state index is 0.170. The summed E-state index contributed by atoms with van der Waals surface area (Å²) in [6.07, 6.45) is 2.32. The molecule has 1 fully saturated rings. The highest BCUT2D eigenvalue weighted by molar-refractivity contribution is 5.34. The van der Waals surface area contributed by atoms with E-state index in [9.17, 15) is 4.39 Å². The van der Waals surface area contributed by atoms with Crippen LogP contribution in [-0.4, -0.2) is 26.3 Å². The van der Waals surface area contributed by atoms with E-state index in [0.717, 1.165) is 25.9 Å². The van der Waals surface area contributed by atoms with Crippen molar-refractivity contribution in [1.82, 2.24) is 5.32 Å². The Hall–Kier alpha value is -1.29. The predicted molar refractivity (Wildman–Crippen MR) is 59.5 cm³/mol. The van der Waals surface area contributed by atoms with Crippen LogP contribution in [0.4, 0.5) is 4.39 Å². The van der Waals surface area contributed by atoms with Crippen molar-refractivity contribution in [2.75, 3.05) is 20.2 Å². The molecule has 2 rings (SSSR count). The Bertz CT molecular complexity index is 351. The van der Waals surface area contributed by atoms with Crippen LogP contribution in [0.25, 0.3) is 0 Å². The summed E-state index contributed by atoms with van der Waals surface area (Å²) in [6, 6.07) is 4.58. The third kappa shape index (κ3) is 2.64. The van der Waals surface area contributed by atoms with Gasteiger partial charge in [0.1, 0.15) is 11.9 Å². The summed E-state index contributed by atoms with van der Waals surface area (Å²) in [5.41, 5.74) is 0. The van der Waals surface area contributed by atoms with E-state index in [4.69, 9.17) is 9.47 Å². The number of nitrogens with one attached hydrogen (secondary N) is 1. The lowest BCUT2D eigenvalue weighted by Gasteiger charge is -2.24. The molecule has 1 aliphatic heterocycles. The van der Waals surface area contributed by atoms with E-state index < -0.39 is 0 Å². The molecule has 1 aliphatic rings. The summed E-state index contributed by atoms with van der Waals surface area (Å²) in [6.45, 7) is 1.90. The van der Waals surface area contributed by atoms with E-state index >= 15 is 0 Å². The average molecular weight is 225 g/mol. The van der Waals surface area contributed by atoms with Gasteiger partial charge in [0.05, 0.1) is 7.11 Å². The van der Waals surface area contributed by atoms with Crippen molar-refractivity contribution in [1.29, 1.82) is 0 Å². The monoisotopic (exact) mass is 225 g/mol. The van der Waals surface area contributed by atoms with Crippen LogP contribution < -0.4 is 14.8 Å². The Kier molecular flexibility index (Phi) is 3.62. The molecule has 0 aliphatic carbocycles. The van der Waals surface area contributed by atoms with Crippen molar-refractivity contribution in [3.8, 4) is 11.5 Å². The molecule has 1 N–H and O–H groups in total. The fourth-order valence-electron chi connectivity index (χ4n) is 1.83. The Morgan fingerprint density at radius 3 is 3.00 bits per heavy atom. The first-order valence-corrected chi connectivity index (χ1v) is 5.50. The lowest BCUT2D eigenvalue weighted by atomic mass is 10.1. The van der Waals surface area contributed by atoms with Crippen molar-refractivity contribution in [3.63, 3.8) is 0 Å². The number of piperidine rings is 1. The topological polar surface area (TPSA) is 30.5 Å². The molecule has 0 saturated carbocycles. The highest BCUT2D eigenvalue weighted by atomic mass is 19.1. The molecule has 1 heterocycles. The normalized spacial score (nSPS) is 20.5. The molecule has 0 bridgehead atoms. The zero-order valence-electron chi connectivity index (χ0n) is 9.33. The van der Waals surface area contributed by atoms with E-state index in [1.54, 1.807) is 12.1 Å². The second-order valence-electron chi connectivity index (χ2n) is 3.88. The smallest absolute Gasteiger partial charge is 0.165 e. The standard InChI is InChI=1S/C12H16FNO2/c1-15-12-7-9(4-5-11(12)13)16-10-3-2-6-14-8-10/h4-5,7,10,14H,2-3,6,8H2,1H3. The van der Waals surface area contributed by atoms with Gasteiger partial charge in [-0.1, -0.05) is 0 Å². The van der Waals surface area contributed by atoms with E-state index in [-0.39, 0.29) is 17.7 Å². The van der Waals surface area contributed by atoms with Crippen LogP contribution in [0.3, 0.4) is 0 Å². The van der Waals surface area contributed by atoms with E-state index in [1.165, 1.54) is 13.2 Å². The van der Waals surface area contributed by atoms with Crippen molar-refractivity contribution in [3.05, 3.63) is 24.0 Å². The summed E-state index contributed by atoms with van der Waals surface area (Å²) >= 11 is 0. The highest BCUT2D eigenvalue weighted by Gasteiger charge is 2.15. The fraction of sp³-hybridized carbons (Fsp3) is 0.500.